The highest BCUT2D eigenvalue weighted by molar-refractivity contribution is 6.05. The van der Waals surface area contributed by atoms with Crippen molar-refractivity contribution in [3.05, 3.63) is 30.1 Å². The Morgan fingerprint density at radius 3 is 2.65 bits per heavy atom. The Hall–Kier alpha value is -2.41. The third-order valence-electron chi connectivity index (χ3n) is 5.58. The second-order valence-electron chi connectivity index (χ2n) is 7.46. The van der Waals surface area contributed by atoms with E-state index in [2.05, 4.69) is 41.2 Å². The molecule has 7 heteroatoms. The van der Waals surface area contributed by atoms with Crippen molar-refractivity contribution in [1.29, 1.82) is 0 Å². The Bertz CT molecular complexity index is 836. The summed E-state index contributed by atoms with van der Waals surface area (Å²) in [4.78, 5) is 32.0. The molecule has 2 aliphatic heterocycles. The van der Waals surface area contributed by atoms with Crippen LogP contribution in [0.15, 0.2) is 24.5 Å². The molecule has 138 valence electrons. The van der Waals surface area contributed by atoms with E-state index in [0.717, 1.165) is 18.7 Å². The summed E-state index contributed by atoms with van der Waals surface area (Å²) < 4.78 is 1.92. The second kappa shape index (κ2) is 6.72. The van der Waals surface area contributed by atoms with Crippen molar-refractivity contribution in [1.82, 2.24) is 19.6 Å². The zero-order valence-electron chi connectivity index (χ0n) is 15.3. The summed E-state index contributed by atoms with van der Waals surface area (Å²) in [5, 5.41) is 2.36. The van der Waals surface area contributed by atoms with Crippen LogP contribution in [-0.4, -0.2) is 51.9 Å². The number of rotatable bonds is 3. The Morgan fingerprint density at radius 2 is 1.96 bits per heavy atom. The second-order valence-corrected chi connectivity index (χ2v) is 7.46. The lowest BCUT2D eigenvalue weighted by atomic mass is 9.89. The molecule has 2 aromatic rings. The first-order valence-electron chi connectivity index (χ1n) is 9.35. The van der Waals surface area contributed by atoms with Gasteiger partial charge >= 0.3 is 6.03 Å². The van der Waals surface area contributed by atoms with Crippen molar-refractivity contribution >= 4 is 23.4 Å². The molecule has 2 saturated heterocycles. The number of carbonyl (C=O) groups excluding carboxylic acids is 2. The number of urea groups is 1. The largest absolute Gasteiger partial charge is 0.329 e. The van der Waals surface area contributed by atoms with Gasteiger partial charge in [-0.1, -0.05) is 0 Å². The van der Waals surface area contributed by atoms with E-state index in [0.29, 0.717) is 30.7 Å². The van der Waals surface area contributed by atoms with Crippen molar-refractivity contribution in [3.63, 3.8) is 0 Å². The number of pyridine rings is 1. The van der Waals surface area contributed by atoms with Gasteiger partial charge in [0.15, 0.2) is 0 Å². The van der Waals surface area contributed by atoms with Gasteiger partial charge in [0.05, 0.1) is 6.20 Å². The molecule has 1 N–H and O–H groups in total. The first-order chi connectivity index (χ1) is 12.5. The molecular weight excluding hydrogens is 330 g/mol. The highest BCUT2D eigenvalue weighted by Gasteiger charge is 2.27. The van der Waals surface area contributed by atoms with Gasteiger partial charge in [-0.15, -0.1) is 0 Å². The average molecular weight is 355 g/mol. The first kappa shape index (κ1) is 17.0. The van der Waals surface area contributed by atoms with Gasteiger partial charge in [-0.05, 0) is 63.4 Å². The summed E-state index contributed by atoms with van der Waals surface area (Å²) in [7, 11) is 0. The summed E-state index contributed by atoms with van der Waals surface area (Å²) in [6.45, 7) is 7.16. The van der Waals surface area contributed by atoms with E-state index < -0.39 is 0 Å². The van der Waals surface area contributed by atoms with Gasteiger partial charge < -0.3 is 4.90 Å². The smallest absolute Gasteiger partial charge is 0.301 e. The van der Waals surface area contributed by atoms with Gasteiger partial charge in [-0.3, -0.25) is 19.4 Å². The number of nitrogens with one attached hydrogen (secondary N) is 1. The number of amides is 3. The SMILES string of the molecule is CC(C)N1CCC(c2ccn3c(N4CCC(=O)NC4=O)cnc3c2)CC1. The minimum Gasteiger partial charge on any atom is -0.301 e. The van der Waals surface area contributed by atoms with Crippen molar-refractivity contribution in [2.45, 2.75) is 45.1 Å². The number of hydrogen-bond donors (Lipinski definition) is 1. The maximum Gasteiger partial charge on any atom is 0.329 e. The van der Waals surface area contributed by atoms with E-state index in [-0.39, 0.29) is 11.9 Å². The quantitative estimate of drug-likeness (QED) is 0.918. The Balaban J connectivity index is 1.54. The minimum absolute atomic E-state index is 0.227. The number of imide groups is 1. The fourth-order valence-electron chi connectivity index (χ4n) is 3.97. The minimum atomic E-state index is -0.381. The predicted octanol–water partition coefficient (Wildman–Crippen LogP) is 2.37. The standard InChI is InChI=1S/C19H25N5O2/c1-13(2)22-7-3-14(4-8-22)15-5-9-23-16(11-15)20-12-18(23)24-10-6-17(25)21-19(24)26/h5,9,11-14H,3-4,6-8,10H2,1-2H3,(H,21,25,26). The number of imidazole rings is 1. The van der Waals surface area contributed by atoms with Crippen LogP contribution in [0.5, 0.6) is 0 Å². The summed E-state index contributed by atoms with van der Waals surface area (Å²) in [6, 6.07) is 4.50. The summed E-state index contributed by atoms with van der Waals surface area (Å²) in [5.41, 5.74) is 2.16. The van der Waals surface area contributed by atoms with Crippen LogP contribution in [0, 0.1) is 0 Å². The monoisotopic (exact) mass is 355 g/mol. The lowest BCUT2D eigenvalue weighted by molar-refractivity contribution is -0.120. The zero-order chi connectivity index (χ0) is 18.3. The van der Waals surface area contributed by atoms with E-state index in [9.17, 15) is 9.59 Å². The molecule has 4 heterocycles. The van der Waals surface area contributed by atoms with E-state index in [1.165, 1.54) is 18.4 Å². The van der Waals surface area contributed by atoms with Crippen LogP contribution in [0.25, 0.3) is 5.65 Å². The molecule has 0 saturated carbocycles. The van der Waals surface area contributed by atoms with E-state index in [1.807, 2.05) is 10.6 Å². The maximum absolute atomic E-state index is 12.1. The molecule has 0 radical (unpaired) electrons. The van der Waals surface area contributed by atoms with Gasteiger partial charge in [0.25, 0.3) is 0 Å². The molecule has 0 atom stereocenters. The predicted molar refractivity (Wildman–Crippen MR) is 99.4 cm³/mol. The van der Waals surface area contributed by atoms with Gasteiger partial charge in [-0.25, -0.2) is 9.78 Å². The number of carbonyl (C=O) groups is 2. The number of hydrogen-bond acceptors (Lipinski definition) is 4. The molecule has 3 amide bonds. The number of piperidine rings is 1. The fourth-order valence-corrected chi connectivity index (χ4v) is 3.97. The molecule has 0 spiro atoms. The van der Waals surface area contributed by atoms with E-state index in [1.54, 1.807) is 11.1 Å². The fraction of sp³-hybridized carbons (Fsp3) is 0.526. The maximum atomic E-state index is 12.1. The summed E-state index contributed by atoms with van der Waals surface area (Å²) >= 11 is 0. The molecular formula is C19H25N5O2. The molecule has 0 bridgehead atoms. The molecule has 4 rings (SSSR count). The Morgan fingerprint density at radius 1 is 1.19 bits per heavy atom. The van der Waals surface area contributed by atoms with Crippen LogP contribution >= 0.6 is 0 Å². The average Bonchev–Trinajstić information content (AvgIpc) is 3.05. The molecule has 26 heavy (non-hydrogen) atoms. The van der Waals surface area contributed by atoms with Crippen LogP contribution in [0.2, 0.25) is 0 Å². The summed E-state index contributed by atoms with van der Waals surface area (Å²) in [6.07, 6.45) is 6.34. The van der Waals surface area contributed by atoms with Crippen molar-refractivity contribution in [3.8, 4) is 0 Å². The van der Waals surface area contributed by atoms with Gasteiger partial charge in [0, 0.05) is 25.2 Å². The van der Waals surface area contributed by atoms with Crippen LogP contribution in [0.1, 0.15) is 44.6 Å². The van der Waals surface area contributed by atoms with Crippen molar-refractivity contribution in [2.24, 2.45) is 0 Å². The summed E-state index contributed by atoms with van der Waals surface area (Å²) in [5.74, 6) is 1.03. The van der Waals surface area contributed by atoms with Gasteiger partial charge in [0.2, 0.25) is 5.91 Å². The van der Waals surface area contributed by atoms with Gasteiger partial charge in [-0.2, -0.15) is 0 Å². The Labute approximate surface area is 153 Å². The lowest BCUT2D eigenvalue weighted by Gasteiger charge is -2.34. The molecule has 0 aromatic carbocycles. The van der Waals surface area contributed by atoms with Crippen LogP contribution in [-0.2, 0) is 4.79 Å². The molecule has 2 aromatic heterocycles. The van der Waals surface area contributed by atoms with Crippen LogP contribution in [0.3, 0.4) is 0 Å². The van der Waals surface area contributed by atoms with E-state index >= 15 is 0 Å². The zero-order valence-corrected chi connectivity index (χ0v) is 15.3. The van der Waals surface area contributed by atoms with Crippen molar-refractivity contribution in [2.75, 3.05) is 24.5 Å². The first-order valence-corrected chi connectivity index (χ1v) is 9.35. The van der Waals surface area contributed by atoms with Crippen LogP contribution < -0.4 is 10.2 Å². The van der Waals surface area contributed by atoms with E-state index in [4.69, 9.17) is 0 Å². The number of anilines is 1. The molecule has 0 unspecified atom stereocenters. The van der Waals surface area contributed by atoms with Crippen LogP contribution in [0.4, 0.5) is 10.6 Å². The number of fused-ring (bicyclic) bond motifs is 1. The topological polar surface area (TPSA) is 70.0 Å². The number of nitrogens with zero attached hydrogens (tertiary/aromatic N) is 4. The molecule has 7 nitrogen and oxygen atoms in total. The number of aromatic nitrogens is 2. The highest BCUT2D eigenvalue weighted by Crippen LogP contribution is 2.30. The third kappa shape index (κ3) is 3.07. The molecule has 2 fully saturated rings. The normalized spacial score (nSPS) is 20.2. The number of likely N-dealkylation sites (tertiary alicyclic amines) is 1. The van der Waals surface area contributed by atoms with Gasteiger partial charge in [0.1, 0.15) is 11.5 Å². The highest BCUT2D eigenvalue weighted by atomic mass is 16.2. The molecule has 2 aliphatic rings. The lowest BCUT2D eigenvalue weighted by Crippen LogP contribution is -2.50. The third-order valence-corrected chi connectivity index (χ3v) is 5.58. The molecule has 0 aliphatic carbocycles. The van der Waals surface area contributed by atoms with Crippen molar-refractivity contribution < 1.29 is 9.59 Å². The Kier molecular flexibility index (Phi) is 4.40.